The summed E-state index contributed by atoms with van der Waals surface area (Å²) in [6.07, 6.45) is 4.69. The SMILES string of the molecule is CCn1nc(C)cc1C(=O)N=c1sc2cc(C(=O)OC)cc(OC)c2n1C/C=C/CNc1c(NC)cc(C(N)=O)cc1OCCCN1CCOCC1. The second kappa shape index (κ2) is 17.8. The normalized spacial score (nSPS) is 13.8. The highest BCUT2D eigenvalue weighted by Crippen LogP contribution is 2.35. The number of aryl methyl sites for hydroxylation is 2. The molecule has 4 N–H and O–H groups in total. The highest BCUT2D eigenvalue weighted by molar-refractivity contribution is 7.16. The van der Waals surface area contributed by atoms with E-state index in [9.17, 15) is 14.4 Å². The molecule has 3 heterocycles. The fraction of sp³-hybridized carbons (Fsp3) is 0.417. The standard InChI is InChI=1S/C36H46N8O7S/c1-6-44-27(18-23(2)41-44)34(46)40-36-43(32-29(48-4)21-25(35(47)49-5)22-30(32)52-36)12-8-7-10-39-31-26(38-3)19-24(33(37)45)20-28(31)51-15-9-11-42-13-16-50-17-14-42/h7-8,18-22,38-39H,6,9-17H2,1-5H3,(H2,37,45)/b8-7+,40-36?. The van der Waals surface area contributed by atoms with E-state index in [0.29, 0.717) is 81.0 Å². The zero-order valence-corrected chi connectivity index (χ0v) is 31.0. The minimum Gasteiger partial charge on any atom is -0.494 e. The summed E-state index contributed by atoms with van der Waals surface area (Å²) in [6, 6.07) is 8.38. The molecule has 52 heavy (non-hydrogen) atoms. The number of hydrogen-bond acceptors (Lipinski definition) is 12. The maximum atomic E-state index is 13.5. The van der Waals surface area contributed by atoms with Crippen molar-refractivity contribution in [1.82, 2.24) is 19.2 Å². The number of rotatable bonds is 16. The number of nitrogens with one attached hydrogen (secondary N) is 2. The summed E-state index contributed by atoms with van der Waals surface area (Å²) >= 11 is 1.27. The lowest BCUT2D eigenvalue weighted by molar-refractivity contribution is 0.0358. The minimum atomic E-state index is -0.552. The van der Waals surface area contributed by atoms with Crippen LogP contribution in [-0.4, -0.2) is 104 Å². The molecule has 2 amide bonds. The van der Waals surface area contributed by atoms with Crippen LogP contribution >= 0.6 is 11.3 Å². The maximum Gasteiger partial charge on any atom is 0.338 e. The van der Waals surface area contributed by atoms with Crippen molar-refractivity contribution in [3.63, 3.8) is 0 Å². The Bertz CT molecular complexity index is 2010. The lowest BCUT2D eigenvalue weighted by Gasteiger charge is -2.26. The van der Waals surface area contributed by atoms with E-state index in [0.717, 1.165) is 45.0 Å². The minimum absolute atomic E-state index is 0.319. The first-order valence-electron chi connectivity index (χ1n) is 17.1. The van der Waals surface area contributed by atoms with Gasteiger partial charge in [-0.05, 0) is 50.6 Å². The maximum absolute atomic E-state index is 13.5. The smallest absolute Gasteiger partial charge is 0.338 e. The van der Waals surface area contributed by atoms with E-state index < -0.39 is 17.8 Å². The highest BCUT2D eigenvalue weighted by Gasteiger charge is 2.19. The number of thiazole rings is 1. The van der Waals surface area contributed by atoms with Crippen LogP contribution in [0.4, 0.5) is 11.4 Å². The Morgan fingerprint density at radius 3 is 2.54 bits per heavy atom. The third kappa shape index (κ3) is 8.99. The zero-order valence-electron chi connectivity index (χ0n) is 30.2. The van der Waals surface area contributed by atoms with Gasteiger partial charge in [0.05, 0.1) is 55.7 Å². The van der Waals surface area contributed by atoms with Gasteiger partial charge >= 0.3 is 5.97 Å². The Morgan fingerprint density at radius 2 is 1.85 bits per heavy atom. The number of aromatic nitrogens is 3. The average Bonchev–Trinajstić information content (AvgIpc) is 3.71. The van der Waals surface area contributed by atoms with Gasteiger partial charge in [-0.3, -0.25) is 19.2 Å². The van der Waals surface area contributed by atoms with Crippen LogP contribution < -0.4 is 30.6 Å². The highest BCUT2D eigenvalue weighted by atomic mass is 32.1. The van der Waals surface area contributed by atoms with Gasteiger partial charge in [-0.1, -0.05) is 23.5 Å². The quantitative estimate of drug-likeness (QED) is 0.0870. The van der Waals surface area contributed by atoms with Gasteiger partial charge in [0.15, 0.2) is 4.80 Å². The summed E-state index contributed by atoms with van der Waals surface area (Å²) in [7, 11) is 4.60. The molecule has 0 radical (unpaired) electrons. The molecule has 2 aromatic heterocycles. The number of benzene rings is 2. The number of methoxy groups -OCH3 is 2. The van der Waals surface area contributed by atoms with E-state index >= 15 is 0 Å². The molecule has 2 aromatic carbocycles. The van der Waals surface area contributed by atoms with Crippen LogP contribution in [0, 0.1) is 6.92 Å². The number of carbonyl (C=O) groups excluding carboxylic acids is 3. The van der Waals surface area contributed by atoms with Crippen molar-refractivity contribution in [3.05, 3.63) is 69.8 Å². The predicted molar refractivity (Wildman–Crippen MR) is 200 cm³/mol. The number of esters is 1. The third-order valence-corrected chi connectivity index (χ3v) is 9.51. The zero-order chi connectivity index (χ0) is 37.2. The first-order valence-corrected chi connectivity index (χ1v) is 17.9. The van der Waals surface area contributed by atoms with Crippen molar-refractivity contribution < 1.29 is 33.3 Å². The lowest BCUT2D eigenvalue weighted by Crippen LogP contribution is -2.37. The number of anilines is 2. The first-order chi connectivity index (χ1) is 25.2. The molecule has 278 valence electrons. The first kappa shape index (κ1) is 38.1. The van der Waals surface area contributed by atoms with E-state index in [-0.39, 0.29) is 0 Å². The molecule has 1 aliphatic rings. The Hall–Kier alpha value is -5.19. The van der Waals surface area contributed by atoms with Crippen molar-refractivity contribution in [1.29, 1.82) is 0 Å². The van der Waals surface area contributed by atoms with Crippen LogP contribution in [0.2, 0.25) is 0 Å². The summed E-state index contributed by atoms with van der Waals surface area (Å²) in [5, 5.41) is 10.9. The molecule has 16 heteroatoms. The molecule has 15 nitrogen and oxygen atoms in total. The van der Waals surface area contributed by atoms with Crippen molar-refractivity contribution in [2.75, 3.05) is 77.9 Å². The number of amides is 2. The predicted octanol–water partition coefficient (Wildman–Crippen LogP) is 3.67. The number of ether oxygens (including phenoxy) is 4. The van der Waals surface area contributed by atoms with Crippen molar-refractivity contribution >= 4 is 50.7 Å². The van der Waals surface area contributed by atoms with Gasteiger partial charge in [-0.2, -0.15) is 10.1 Å². The largest absolute Gasteiger partial charge is 0.494 e. The van der Waals surface area contributed by atoms with Crippen LogP contribution in [0.1, 0.15) is 50.2 Å². The van der Waals surface area contributed by atoms with Gasteiger partial charge in [-0.15, -0.1) is 0 Å². The summed E-state index contributed by atoms with van der Waals surface area (Å²) in [5.74, 6) is -0.538. The number of nitrogens with zero attached hydrogens (tertiary/aromatic N) is 5. The van der Waals surface area contributed by atoms with E-state index in [1.807, 2.05) is 30.6 Å². The Morgan fingerprint density at radius 1 is 1.08 bits per heavy atom. The molecule has 0 atom stereocenters. The Balaban J connectivity index is 1.40. The second-order valence-corrected chi connectivity index (χ2v) is 12.9. The molecule has 1 saturated heterocycles. The van der Waals surface area contributed by atoms with Crippen molar-refractivity contribution in [3.8, 4) is 11.5 Å². The van der Waals surface area contributed by atoms with E-state index in [2.05, 4.69) is 25.6 Å². The molecule has 1 aliphatic heterocycles. The lowest BCUT2D eigenvalue weighted by atomic mass is 10.1. The molecule has 0 aliphatic carbocycles. The van der Waals surface area contributed by atoms with Crippen LogP contribution in [-0.2, 0) is 22.6 Å². The molecule has 0 unspecified atom stereocenters. The molecule has 5 rings (SSSR count). The second-order valence-electron chi connectivity index (χ2n) is 11.9. The fourth-order valence-corrected chi connectivity index (χ4v) is 6.99. The average molecular weight is 735 g/mol. The molecule has 0 spiro atoms. The van der Waals surface area contributed by atoms with Gasteiger partial charge in [0, 0.05) is 51.9 Å². The molecule has 1 fully saturated rings. The fourth-order valence-electron chi connectivity index (χ4n) is 5.89. The topological polar surface area (TPSA) is 177 Å². The summed E-state index contributed by atoms with van der Waals surface area (Å²) in [5.41, 5.74) is 9.43. The Labute approximate surface area is 306 Å². The number of hydrogen-bond donors (Lipinski definition) is 3. The van der Waals surface area contributed by atoms with E-state index in [4.69, 9.17) is 24.7 Å². The third-order valence-electron chi connectivity index (χ3n) is 8.49. The van der Waals surface area contributed by atoms with Crippen molar-refractivity contribution in [2.45, 2.75) is 33.4 Å². The summed E-state index contributed by atoms with van der Waals surface area (Å²) in [4.78, 5) is 45.3. The molecular formula is C36H46N8O7S. The van der Waals surface area contributed by atoms with Crippen LogP contribution in [0.5, 0.6) is 11.5 Å². The Kier molecular flexibility index (Phi) is 13.1. The molecule has 0 bridgehead atoms. The number of primary amides is 1. The summed E-state index contributed by atoms with van der Waals surface area (Å²) in [6.45, 7) is 9.60. The number of nitrogens with two attached hydrogens (primary N) is 1. The van der Waals surface area contributed by atoms with Crippen LogP contribution in [0.15, 0.2) is 47.5 Å². The van der Waals surface area contributed by atoms with Crippen LogP contribution in [0.25, 0.3) is 10.2 Å². The van der Waals surface area contributed by atoms with E-state index in [1.54, 1.807) is 42.1 Å². The van der Waals surface area contributed by atoms with Gasteiger partial charge in [-0.25, -0.2) is 4.79 Å². The monoisotopic (exact) mass is 734 g/mol. The van der Waals surface area contributed by atoms with Crippen molar-refractivity contribution in [2.24, 2.45) is 10.7 Å². The van der Waals surface area contributed by atoms with Gasteiger partial charge < -0.3 is 39.9 Å². The number of morpholine rings is 1. The van der Waals surface area contributed by atoms with Gasteiger partial charge in [0.25, 0.3) is 5.91 Å². The number of fused-ring (bicyclic) bond motifs is 1. The number of allylic oxidation sites excluding steroid dienone is 1. The van der Waals surface area contributed by atoms with E-state index in [1.165, 1.54) is 25.6 Å². The molecule has 0 saturated carbocycles. The van der Waals surface area contributed by atoms with Gasteiger partial charge in [0.1, 0.15) is 28.4 Å². The van der Waals surface area contributed by atoms with Crippen LogP contribution in [0.3, 0.4) is 0 Å². The van der Waals surface area contributed by atoms with Gasteiger partial charge in [0.2, 0.25) is 5.91 Å². The molecule has 4 aromatic rings. The summed E-state index contributed by atoms with van der Waals surface area (Å²) < 4.78 is 26.5. The molecular weight excluding hydrogens is 689 g/mol. The number of carbonyl (C=O) groups is 3.